The van der Waals surface area contributed by atoms with Gasteiger partial charge in [-0.1, -0.05) is 28.1 Å². The molecular weight excluding hydrogens is 328 g/mol. The summed E-state index contributed by atoms with van der Waals surface area (Å²) < 4.78 is 1.02. The van der Waals surface area contributed by atoms with Crippen molar-refractivity contribution in [3.05, 3.63) is 63.6 Å². The van der Waals surface area contributed by atoms with Crippen molar-refractivity contribution in [2.45, 2.75) is 13.5 Å². The van der Waals surface area contributed by atoms with E-state index in [2.05, 4.69) is 21.2 Å². The summed E-state index contributed by atoms with van der Waals surface area (Å²) in [5, 5.41) is 3.11. The van der Waals surface area contributed by atoms with Crippen molar-refractivity contribution in [1.82, 2.24) is 4.90 Å². The van der Waals surface area contributed by atoms with Gasteiger partial charge >= 0.3 is 0 Å². The molecule has 0 aliphatic heterocycles. The Morgan fingerprint density at radius 2 is 2.00 bits per heavy atom. The number of hydrogen-bond acceptors (Lipinski definition) is 2. The molecule has 0 saturated heterocycles. The maximum Gasteiger partial charge on any atom is 0.253 e. The van der Waals surface area contributed by atoms with Crippen LogP contribution in [0.2, 0.25) is 0 Å². The Kier molecular flexibility index (Phi) is 5.02. The summed E-state index contributed by atoms with van der Waals surface area (Å²) in [5.74, 6) is 0.0285. The van der Waals surface area contributed by atoms with E-state index in [0.29, 0.717) is 12.1 Å². The Hall–Kier alpha value is -1.81. The third-order valence-corrected chi connectivity index (χ3v) is 3.89. The SMILES string of the molecule is CNc1ccc(C(=O)N(C)Cc2cccc(Br)c2)cc1C. The summed E-state index contributed by atoms with van der Waals surface area (Å²) in [5.41, 5.74) is 3.92. The second-order valence-electron chi connectivity index (χ2n) is 5.07. The summed E-state index contributed by atoms with van der Waals surface area (Å²) in [6.45, 7) is 2.59. The Morgan fingerprint density at radius 1 is 1.24 bits per heavy atom. The molecule has 0 aliphatic carbocycles. The highest BCUT2D eigenvalue weighted by Crippen LogP contribution is 2.18. The highest BCUT2D eigenvalue weighted by molar-refractivity contribution is 9.10. The lowest BCUT2D eigenvalue weighted by Crippen LogP contribution is -2.26. The molecule has 0 spiro atoms. The molecule has 2 aromatic carbocycles. The van der Waals surface area contributed by atoms with E-state index in [1.54, 1.807) is 4.90 Å². The van der Waals surface area contributed by atoms with E-state index in [4.69, 9.17) is 0 Å². The second-order valence-corrected chi connectivity index (χ2v) is 5.99. The molecule has 0 unspecified atom stereocenters. The molecule has 0 fully saturated rings. The number of benzene rings is 2. The summed E-state index contributed by atoms with van der Waals surface area (Å²) >= 11 is 3.45. The summed E-state index contributed by atoms with van der Waals surface area (Å²) in [6.07, 6.45) is 0. The number of rotatable bonds is 4. The lowest BCUT2D eigenvalue weighted by Gasteiger charge is -2.18. The number of halogens is 1. The molecule has 2 rings (SSSR count). The monoisotopic (exact) mass is 346 g/mol. The largest absolute Gasteiger partial charge is 0.388 e. The highest BCUT2D eigenvalue weighted by atomic mass is 79.9. The fourth-order valence-electron chi connectivity index (χ4n) is 2.28. The van der Waals surface area contributed by atoms with Crippen LogP contribution in [0.3, 0.4) is 0 Å². The van der Waals surface area contributed by atoms with E-state index in [9.17, 15) is 4.79 Å². The normalized spacial score (nSPS) is 10.3. The molecule has 0 radical (unpaired) electrons. The van der Waals surface area contributed by atoms with Crippen LogP contribution < -0.4 is 5.32 Å². The first-order valence-electron chi connectivity index (χ1n) is 6.79. The van der Waals surface area contributed by atoms with Gasteiger partial charge in [0.25, 0.3) is 5.91 Å². The molecule has 4 heteroatoms. The van der Waals surface area contributed by atoms with Crippen LogP contribution in [0.15, 0.2) is 46.9 Å². The maximum atomic E-state index is 12.5. The molecule has 3 nitrogen and oxygen atoms in total. The van der Waals surface area contributed by atoms with Gasteiger partial charge in [-0.15, -0.1) is 0 Å². The lowest BCUT2D eigenvalue weighted by molar-refractivity contribution is 0.0785. The molecule has 21 heavy (non-hydrogen) atoms. The Balaban J connectivity index is 2.14. The minimum atomic E-state index is 0.0285. The van der Waals surface area contributed by atoms with Crippen LogP contribution in [0.25, 0.3) is 0 Å². The van der Waals surface area contributed by atoms with Gasteiger partial charge in [-0.05, 0) is 48.4 Å². The maximum absolute atomic E-state index is 12.5. The van der Waals surface area contributed by atoms with Crippen LogP contribution in [0.1, 0.15) is 21.5 Å². The first-order valence-corrected chi connectivity index (χ1v) is 7.59. The van der Waals surface area contributed by atoms with Crippen molar-refractivity contribution in [3.63, 3.8) is 0 Å². The Bertz CT molecular complexity index is 655. The number of amides is 1. The lowest BCUT2D eigenvalue weighted by atomic mass is 10.1. The van der Waals surface area contributed by atoms with Gasteiger partial charge in [-0.3, -0.25) is 4.79 Å². The fourth-order valence-corrected chi connectivity index (χ4v) is 2.73. The average Bonchev–Trinajstić information content (AvgIpc) is 2.46. The molecule has 0 aromatic heterocycles. The van der Waals surface area contributed by atoms with Gasteiger partial charge in [0.05, 0.1) is 0 Å². The molecule has 0 aliphatic rings. The topological polar surface area (TPSA) is 32.3 Å². The predicted octanol–water partition coefficient (Wildman–Crippen LogP) is 4.07. The average molecular weight is 347 g/mol. The summed E-state index contributed by atoms with van der Waals surface area (Å²) in [7, 11) is 3.70. The quantitative estimate of drug-likeness (QED) is 0.904. The summed E-state index contributed by atoms with van der Waals surface area (Å²) in [4.78, 5) is 14.2. The molecule has 0 saturated carbocycles. The molecule has 0 bridgehead atoms. The van der Waals surface area contributed by atoms with Crippen LogP contribution in [-0.2, 0) is 6.54 Å². The van der Waals surface area contributed by atoms with Gasteiger partial charge in [0.2, 0.25) is 0 Å². The number of carbonyl (C=O) groups is 1. The zero-order chi connectivity index (χ0) is 15.4. The predicted molar refractivity (Wildman–Crippen MR) is 90.7 cm³/mol. The minimum absolute atomic E-state index is 0.0285. The first kappa shape index (κ1) is 15.6. The molecule has 0 heterocycles. The van der Waals surface area contributed by atoms with Gasteiger partial charge in [0.1, 0.15) is 0 Å². The van der Waals surface area contributed by atoms with Crippen LogP contribution in [0.5, 0.6) is 0 Å². The molecule has 0 atom stereocenters. The van der Waals surface area contributed by atoms with Gasteiger partial charge < -0.3 is 10.2 Å². The van der Waals surface area contributed by atoms with Crippen molar-refractivity contribution in [2.24, 2.45) is 0 Å². The molecule has 1 amide bonds. The van der Waals surface area contributed by atoms with Crippen molar-refractivity contribution in [3.8, 4) is 0 Å². The zero-order valence-corrected chi connectivity index (χ0v) is 14.1. The molecular formula is C17H19BrN2O. The van der Waals surface area contributed by atoms with Crippen molar-refractivity contribution >= 4 is 27.5 Å². The smallest absolute Gasteiger partial charge is 0.253 e. The van der Waals surface area contributed by atoms with Gasteiger partial charge in [-0.25, -0.2) is 0 Å². The molecule has 110 valence electrons. The number of nitrogens with zero attached hydrogens (tertiary/aromatic N) is 1. The standard InChI is InChI=1S/C17H19BrN2O/c1-12-9-14(7-8-16(12)19-2)17(21)20(3)11-13-5-4-6-15(18)10-13/h4-10,19H,11H2,1-3H3. The van der Waals surface area contributed by atoms with E-state index in [-0.39, 0.29) is 5.91 Å². The van der Waals surface area contributed by atoms with Crippen molar-refractivity contribution in [1.29, 1.82) is 0 Å². The second kappa shape index (κ2) is 6.76. The van der Waals surface area contributed by atoms with Gasteiger partial charge in [0, 0.05) is 36.4 Å². The third-order valence-electron chi connectivity index (χ3n) is 3.40. The van der Waals surface area contributed by atoms with Gasteiger partial charge in [-0.2, -0.15) is 0 Å². The Morgan fingerprint density at radius 3 is 2.62 bits per heavy atom. The number of aryl methyl sites for hydroxylation is 1. The van der Waals surface area contributed by atoms with E-state index < -0.39 is 0 Å². The highest BCUT2D eigenvalue weighted by Gasteiger charge is 2.13. The number of hydrogen-bond donors (Lipinski definition) is 1. The minimum Gasteiger partial charge on any atom is -0.388 e. The molecule has 2 aromatic rings. The first-order chi connectivity index (χ1) is 10.0. The number of carbonyl (C=O) groups excluding carboxylic acids is 1. The number of nitrogens with one attached hydrogen (secondary N) is 1. The van der Waals surface area contributed by atoms with E-state index in [0.717, 1.165) is 21.3 Å². The third kappa shape index (κ3) is 3.85. The van der Waals surface area contributed by atoms with Gasteiger partial charge in [0.15, 0.2) is 0 Å². The fraction of sp³-hybridized carbons (Fsp3) is 0.235. The van der Waals surface area contributed by atoms with E-state index in [1.165, 1.54) is 0 Å². The van der Waals surface area contributed by atoms with E-state index in [1.807, 2.05) is 63.5 Å². The van der Waals surface area contributed by atoms with Crippen LogP contribution in [-0.4, -0.2) is 24.9 Å². The van der Waals surface area contributed by atoms with Crippen molar-refractivity contribution < 1.29 is 4.79 Å². The van der Waals surface area contributed by atoms with Crippen LogP contribution >= 0.6 is 15.9 Å². The number of anilines is 1. The van der Waals surface area contributed by atoms with Crippen LogP contribution in [0.4, 0.5) is 5.69 Å². The van der Waals surface area contributed by atoms with Crippen LogP contribution in [0, 0.1) is 6.92 Å². The van der Waals surface area contributed by atoms with Crippen molar-refractivity contribution in [2.75, 3.05) is 19.4 Å². The molecule has 1 N–H and O–H groups in total. The van der Waals surface area contributed by atoms with E-state index >= 15 is 0 Å². The summed E-state index contributed by atoms with van der Waals surface area (Å²) in [6, 6.07) is 13.7. The zero-order valence-electron chi connectivity index (χ0n) is 12.5. The Labute approximate surface area is 134 Å².